The molecule has 0 bridgehead atoms. The molecule has 0 atom stereocenters. The second kappa shape index (κ2) is 13.4. The molecule has 0 unspecified atom stereocenters. The Morgan fingerprint density at radius 1 is 0.333 bits per heavy atom. The van der Waals surface area contributed by atoms with Crippen molar-refractivity contribution in [1.29, 1.82) is 0 Å². The highest BCUT2D eigenvalue weighted by Crippen LogP contribution is 2.41. The van der Waals surface area contributed by atoms with Crippen molar-refractivity contribution in [1.82, 2.24) is 0 Å². The maximum atomic E-state index is 2.40. The van der Waals surface area contributed by atoms with E-state index in [0.29, 0.717) is 0 Å². The molecule has 1 aliphatic heterocycles. The molecule has 1 heterocycles. The molecular formula is C48H35NSSi. The zero-order chi connectivity index (χ0) is 34.0. The summed E-state index contributed by atoms with van der Waals surface area (Å²) in [5.74, 6) is 0. The Balaban J connectivity index is 1.17. The lowest BCUT2D eigenvalue weighted by Crippen LogP contribution is -2.76. The van der Waals surface area contributed by atoms with Gasteiger partial charge in [-0.05, 0) is 85.5 Å². The monoisotopic (exact) mass is 685 g/mol. The first-order chi connectivity index (χ1) is 25.3. The van der Waals surface area contributed by atoms with Gasteiger partial charge in [-0.1, -0.05) is 182 Å². The van der Waals surface area contributed by atoms with E-state index in [4.69, 9.17) is 0 Å². The van der Waals surface area contributed by atoms with Crippen molar-refractivity contribution in [3.8, 4) is 22.3 Å². The van der Waals surface area contributed by atoms with Crippen LogP contribution in [0.4, 0.5) is 17.1 Å². The zero-order valence-electron chi connectivity index (χ0n) is 28.1. The first-order valence-corrected chi connectivity index (χ1v) is 20.3. The van der Waals surface area contributed by atoms with Crippen LogP contribution in [0.1, 0.15) is 0 Å². The van der Waals surface area contributed by atoms with Gasteiger partial charge >= 0.3 is 0 Å². The van der Waals surface area contributed by atoms with Crippen LogP contribution in [0.2, 0.25) is 0 Å². The Morgan fingerprint density at radius 2 is 0.784 bits per heavy atom. The molecule has 0 spiro atoms. The normalized spacial score (nSPS) is 12.8. The van der Waals surface area contributed by atoms with E-state index in [-0.39, 0.29) is 0 Å². The lowest BCUT2D eigenvalue weighted by Gasteiger charge is -2.40. The lowest BCUT2D eigenvalue weighted by molar-refractivity contribution is 1.28. The summed E-state index contributed by atoms with van der Waals surface area (Å²) in [4.78, 5) is 5.05. The average Bonchev–Trinajstić information content (AvgIpc) is 3.22. The maximum Gasteiger partial charge on any atom is 0.181 e. The molecule has 0 aromatic heterocycles. The minimum absolute atomic E-state index is 1.12. The summed E-state index contributed by atoms with van der Waals surface area (Å²) in [6.07, 6.45) is 0. The van der Waals surface area contributed by atoms with Crippen molar-refractivity contribution in [3.63, 3.8) is 0 Å². The van der Waals surface area contributed by atoms with Crippen molar-refractivity contribution < 1.29 is 0 Å². The molecule has 0 amide bonds. The highest BCUT2D eigenvalue weighted by Gasteiger charge is 2.47. The van der Waals surface area contributed by atoms with E-state index in [1.54, 1.807) is 0 Å². The highest BCUT2D eigenvalue weighted by atomic mass is 32.2. The van der Waals surface area contributed by atoms with E-state index in [9.17, 15) is 0 Å². The fourth-order valence-corrected chi connectivity index (χ4v) is 14.8. The number of rotatable bonds is 7. The molecular weight excluding hydrogens is 651 g/mol. The summed E-state index contributed by atoms with van der Waals surface area (Å²) in [7, 11) is -2.62. The van der Waals surface area contributed by atoms with Crippen LogP contribution in [0.15, 0.2) is 222 Å². The SMILES string of the molecule is c1ccc(-c2ccc(N(c3ccccc3)c3ccc(-c4cccc5c4Sc4ccccc4[Si]5(c4ccccc4)c4ccccc4)cc3)cc2)cc1. The minimum atomic E-state index is -2.62. The first kappa shape index (κ1) is 31.1. The van der Waals surface area contributed by atoms with Crippen LogP contribution >= 0.6 is 11.8 Å². The van der Waals surface area contributed by atoms with E-state index >= 15 is 0 Å². The molecule has 9 rings (SSSR count). The van der Waals surface area contributed by atoms with E-state index in [2.05, 4.69) is 217 Å². The molecule has 0 saturated heterocycles. The quantitative estimate of drug-likeness (QED) is 0.154. The predicted octanol–water partition coefficient (Wildman–Crippen LogP) is 10.3. The van der Waals surface area contributed by atoms with Crippen LogP contribution in [0.5, 0.6) is 0 Å². The number of anilines is 3. The summed E-state index contributed by atoms with van der Waals surface area (Å²) in [6.45, 7) is 0. The molecule has 0 fully saturated rings. The van der Waals surface area contributed by atoms with Crippen LogP contribution in [0, 0.1) is 0 Å². The van der Waals surface area contributed by atoms with Gasteiger partial charge in [-0.2, -0.15) is 0 Å². The molecule has 242 valence electrons. The maximum absolute atomic E-state index is 2.62. The van der Waals surface area contributed by atoms with Gasteiger partial charge in [0.25, 0.3) is 0 Å². The van der Waals surface area contributed by atoms with Gasteiger partial charge in [0.05, 0.1) is 0 Å². The van der Waals surface area contributed by atoms with Crippen LogP contribution in [-0.4, -0.2) is 8.07 Å². The van der Waals surface area contributed by atoms with Crippen molar-refractivity contribution >= 4 is 57.6 Å². The van der Waals surface area contributed by atoms with E-state index in [1.807, 2.05) is 11.8 Å². The predicted molar refractivity (Wildman–Crippen MR) is 220 cm³/mol. The van der Waals surface area contributed by atoms with Crippen molar-refractivity contribution in [3.05, 3.63) is 212 Å². The summed E-state index contributed by atoms with van der Waals surface area (Å²) in [5.41, 5.74) is 8.30. The smallest absolute Gasteiger partial charge is 0.181 e. The van der Waals surface area contributed by atoms with E-state index < -0.39 is 8.07 Å². The van der Waals surface area contributed by atoms with Crippen molar-refractivity contribution in [2.75, 3.05) is 4.90 Å². The number of hydrogen-bond acceptors (Lipinski definition) is 2. The fourth-order valence-electron chi connectivity index (χ4n) is 7.70. The third-order valence-corrected chi connectivity index (χ3v) is 16.5. The fraction of sp³-hybridized carbons (Fsp3) is 0. The summed E-state index contributed by atoms with van der Waals surface area (Å²) < 4.78 is 0. The van der Waals surface area contributed by atoms with Crippen LogP contribution < -0.4 is 25.6 Å². The third kappa shape index (κ3) is 5.52. The van der Waals surface area contributed by atoms with Gasteiger partial charge in [0.2, 0.25) is 0 Å². The number of nitrogens with zero attached hydrogens (tertiary/aromatic N) is 1. The number of benzene rings is 8. The number of para-hydroxylation sites is 1. The second-order valence-corrected chi connectivity index (χ2v) is 17.7. The van der Waals surface area contributed by atoms with Crippen molar-refractivity contribution in [2.45, 2.75) is 9.79 Å². The average molecular weight is 686 g/mol. The molecule has 8 aromatic rings. The van der Waals surface area contributed by atoms with Crippen molar-refractivity contribution in [2.24, 2.45) is 0 Å². The zero-order valence-corrected chi connectivity index (χ0v) is 29.9. The molecule has 0 radical (unpaired) electrons. The summed E-state index contributed by atoms with van der Waals surface area (Å²) >= 11 is 1.92. The minimum Gasteiger partial charge on any atom is -0.311 e. The summed E-state index contributed by atoms with van der Waals surface area (Å²) in [6, 6.07) is 77.8. The van der Waals surface area contributed by atoms with Gasteiger partial charge in [-0.25, -0.2) is 0 Å². The lowest BCUT2D eigenvalue weighted by atomic mass is 10.0. The largest absolute Gasteiger partial charge is 0.311 e. The summed E-state index contributed by atoms with van der Waals surface area (Å²) in [5, 5.41) is 5.74. The molecule has 8 aromatic carbocycles. The van der Waals surface area contributed by atoms with Gasteiger partial charge < -0.3 is 4.90 Å². The van der Waals surface area contributed by atoms with Crippen LogP contribution in [0.3, 0.4) is 0 Å². The molecule has 3 heteroatoms. The Labute approximate surface area is 305 Å². The van der Waals surface area contributed by atoms with Crippen LogP contribution in [-0.2, 0) is 0 Å². The molecule has 0 N–H and O–H groups in total. The van der Waals surface area contributed by atoms with Gasteiger partial charge in [-0.3, -0.25) is 0 Å². The Kier molecular flexibility index (Phi) is 8.21. The van der Waals surface area contributed by atoms with E-state index in [1.165, 1.54) is 52.8 Å². The number of fused-ring (bicyclic) bond motifs is 2. The molecule has 1 aliphatic rings. The topological polar surface area (TPSA) is 3.24 Å². The first-order valence-electron chi connectivity index (χ1n) is 17.4. The molecule has 0 aliphatic carbocycles. The van der Waals surface area contributed by atoms with Crippen LogP contribution in [0.25, 0.3) is 22.3 Å². The highest BCUT2D eigenvalue weighted by molar-refractivity contribution is 8.00. The van der Waals surface area contributed by atoms with Gasteiger partial charge in [0.1, 0.15) is 0 Å². The van der Waals surface area contributed by atoms with Gasteiger partial charge in [0.15, 0.2) is 8.07 Å². The van der Waals surface area contributed by atoms with Gasteiger partial charge in [0, 0.05) is 26.9 Å². The van der Waals surface area contributed by atoms with E-state index in [0.717, 1.165) is 17.1 Å². The molecule has 0 saturated carbocycles. The third-order valence-electron chi connectivity index (χ3n) is 10.0. The standard InChI is InChI=1S/C48H35NSSi/c1-5-16-36(17-6-1)37-28-32-40(33-29-37)49(39-18-7-2-8-19-39)41-34-30-38(31-35-41)44-24-15-27-47-48(44)50-45-25-13-14-26-46(45)51(47,42-20-9-3-10-21-42)43-22-11-4-12-23-43/h1-35H. The van der Waals surface area contributed by atoms with Gasteiger partial charge in [-0.15, -0.1) is 0 Å². The Morgan fingerprint density at radius 3 is 1.39 bits per heavy atom. The Bertz CT molecular complexity index is 2370. The Hall–Kier alpha value is -5.87. The molecule has 51 heavy (non-hydrogen) atoms. The number of hydrogen-bond donors (Lipinski definition) is 0. The second-order valence-electron chi connectivity index (χ2n) is 12.9. The molecule has 1 nitrogen and oxygen atoms in total.